The number of nitrogens with zero attached hydrogens (tertiary/aromatic N) is 2. The van der Waals surface area contributed by atoms with Crippen molar-refractivity contribution >= 4 is 10.9 Å². The number of aromatic nitrogens is 3. The van der Waals surface area contributed by atoms with Gasteiger partial charge in [-0.2, -0.15) is 0 Å². The SMILES string of the molecule is Cc1c(CCO)nc(-c2c[nH]c3ccccc23)n1C. The highest BCUT2D eigenvalue weighted by molar-refractivity contribution is 5.93. The average molecular weight is 255 g/mol. The van der Waals surface area contributed by atoms with Gasteiger partial charge in [0.15, 0.2) is 0 Å². The second-order valence-electron chi connectivity index (χ2n) is 4.75. The fourth-order valence-electron chi connectivity index (χ4n) is 2.48. The van der Waals surface area contributed by atoms with E-state index >= 15 is 0 Å². The number of benzene rings is 1. The van der Waals surface area contributed by atoms with Crippen LogP contribution in [0.2, 0.25) is 0 Å². The molecular formula is C15H17N3O. The molecule has 2 N–H and O–H groups in total. The van der Waals surface area contributed by atoms with Crippen molar-refractivity contribution < 1.29 is 5.11 Å². The quantitative estimate of drug-likeness (QED) is 0.755. The number of hydrogen-bond acceptors (Lipinski definition) is 2. The lowest BCUT2D eigenvalue weighted by molar-refractivity contribution is 0.298. The number of rotatable bonds is 3. The van der Waals surface area contributed by atoms with E-state index in [1.807, 2.05) is 32.3 Å². The Morgan fingerprint density at radius 3 is 2.89 bits per heavy atom. The van der Waals surface area contributed by atoms with Gasteiger partial charge in [-0.25, -0.2) is 4.98 Å². The van der Waals surface area contributed by atoms with Crippen LogP contribution in [0.15, 0.2) is 30.5 Å². The number of aliphatic hydroxyl groups excluding tert-OH is 1. The largest absolute Gasteiger partial charge is 0.396 e. The molecule has 0 fully saturated rings. The lowest BCUT2D eigenvalue weighted by Crippen LogP contribution is -1.96. The zero-order chi connectivity index (χ0) is 13.4. The van der Waals surface area contributed by atoms with Crippen LogP contribution in [0.25, 0.3) is 22.3 Å². The van der Waals surface area contributed by atoms with Crippen LogP contribution in [-0.4, -0.2) is 26.2 Å². The average Bonchev–Trinajstić information content (AvgIpc) is 2.96. The Balaban J connectivity index is 2.19. The molecule has 1 aromatic carbocycles. The van der Waals surface area contributed by atoms with Gasteiger partial charge in [-0.05, 0) is 13.0 Å². The molecule has 4 heteroatoms. The highest BCUT2D eigenvalue weighted by Gasteiger charge is 2.15. The van der Waals surface area contributed by atoms with E-state index in [9.17, 15) is 0 Å². The maximum Gasteiger partial charge on any atom is 0.142 e. The molecule has 0 saturated heterocycles. The van der Waals surface area contributed by atoms with E-state index in [0.29, 0.717) is 6.42 Å². The summed E-state index contributed by atoms with van der Waals surface area (Å²) in [5.74, 6) is 0.943. The molecule has 2 heterocycles. The Kier molecular flexibility index (Phi) is 2.87. The highest BCUT2D eigenvalue weighted by atomic mass is 16.3. The van der Waals surface area contributed by atoms with Crippen LogP contribution in [0.5, 0.6) is 0 Å². The molecule has 3 aromatic rings. The number of aliphatic hydroxyl groups is 1. The van der Waals surface area contributed by atoms with Gasteiger partial charge in [0.25, 0.3) is 0 Å². The van der Waals surface area contributed by atoms with E-state index in [1.165, 1.54) is 5.39 Å². The van der Waals surface area contributed by atoms with Gasteiger partial charge in [-0.1, -0.05) is 18.2 Å². The van der Waals surface area contributed by atoms with Crippen LogP contribution >= 0.6 is 0 Å². The molecule has 0 spiro atoms. The number of hydrogen-bond donors (Lipinski definition) is 2. The van der Waals surface area contributed by atoms with Crippen molar-refractivity contribution in [2.45, 2.75) is 13.3 Å². The standard InChI is InChI=1S/C15H17N3O/c1-10-13(7-8-19)17-15(18(10)2)12-9-16-14-6-4-3-5-11(12)14/h3-6,9,16,19H,7-8H2,1-2H3. The second kappa shape index (κ2) is 4.55. The summed E-state index contributed by atoms with van der Waals surface area (Å²) < 4.78 is 2.08. The van der Waals surface area contributed by atoms with Crippen molar-refractivity contribution in [1.29, 1.82) is 0 Å². The molecule has 0 amide bonds. The Bertz CT molecular complexity index is 724. The van der Waals surface area contributed by atoms with Crippen LogP contribution in [-0.2, 0) is 13.5 Å². The van der Waals surface area contributed by atoms with Gasteiger partial charge in [0.2, 0.25) is 0 Å². The van der Waals surface area contributed by atoms with Gasteiger partial charge in [0.1, 0.15) is 5.82 Å². The molecule has 2 aromatic heterocycles. The number of imidazole rings is 1. The zero-order valence-electron chi connectivity index (χ0n) is 11.1. The molecule has 3 rings (SSSR count). The van der Waals surface area contributed by atoms with E-state index in [2.05, 4.69) is 26.7 Å². The fraction of sp³-hybridized carbons (Fsp3) is 0.267. The van der Waals surface area contributed by atoms with E-state index in [4.69, 9.17) is 5.11 Å². The molecule has 0 saturated carbocycles. The Morgan fingerprint density at radius 2 is 2.11 bits per heavy atom. The van der Waals surface area contributed by atoms with Crippen molar-refractivity contribution in [2.24, 2.45) is 7.05 Å². The van der Waals surface area contributed by atoms with E-state index in [1.54, 1.807) is 0 Å². The Labute approximate surface area is 111 Å². The van der Waals surface area contributed by atoms with Crippen LogP contribution in [0.1, 0.15) is 11.4 Å². The minimum absolute atomic E-state index is 0.130. The monoisotopic (exact) mass is 255 g/mol. The smallest absolute Gasteiger partial charge is 0.142 e. The molecule has 19 heavy (non-hydrogen) atoms. The topological polar surface area (TPSA) is 53.8 Å². The highest BCUT2D eigenvalue weighted by Crippen LogP contribution is 2.28. The number of H-pyrrole nitrogens is 1. The van der Waals surface area contributed by atoms with Crippen LogP contribution < -0.4 is 0 Å². The van der Waals surface area contributed by atoms with Crippen molar-refractivity contribution in [2.75, 3.05) is 6.61 Å². The van der Waals surface area contributed by atoms with Crippen molar-refractivity contribution in [3.8, 4) is 11.4 Å². The van der Waals surface area contributed by atoms with Crippen LogP contribution in [0.3, 0.4) is 0 Å². The zero-order valence-corrected chi connectivity index (χ0v) is 11.1. The third kappa shape index (κ3) is 1.85. The first-order valence-corrected chi connectivity index (χ1v) is 6.42. The number of nitrogens with one attached hydrogen (secondary N) is 1. The maximum atomic E-state index is 9.09. The Hall–Kier alpha value is -2.07. The van der Waals surface area contributed by atoms with Gasteiger partial charge < -0.3 is 14.7 Å². The van der Waals surface area contributed by atoms with Gasteiger partial charge in [0.05, 0.1) is 5.69 Å². The molecule has 0 bridgehead atoms. The number of aromatic amines is 1. The summed E-state index contributed by atoms with van der Waals surface area (Å²) in [6.45, 7) is 2.17. The second-order valence-corrected chi connectivity index (χ2v) is 4.75. The molecule has 0 aliphatic heterocycles. The van der Waals surface area contributed by atoms with Crippen molar-refractivity contribution in [1.82, 2.24) is 14.5 Å². The van der Waals surface area contributed by atoms with Crippen molar-refractivity contribution in [3.05, 3.63) is 41.9 Å². The van der Waals surface area contributed by atoms with E-state index in [0.717, 1.165) is 28.3 Å². The van der Waals surface area contributed by atoms with Gasteiger partial charge in [0, 0.05) is 48.4 Å². The van der Waals surface area contributed by atoms with Crippen LogP contribution in [0.4, 0.5) is 0 Å². The first-order chi connectivity index (χ1) is 9.22. The summed E-state index contributed by atoms with van der Waals surface area (Å²) in [5.41, 5.74) is 4.28. The molecular weight excluding hydrogens is 238 g/mol. The normalized spacial score (nSPS) is 11.3. The summed E-state index contributed by atoms with van der Waals surface area (Å²) in [6.07, 6.45) is 2.59. The summed E-state index contributed by atoms with van der Waals surface area (Å²) >= 11 is 0. The summed E-state index contributed by atoms with van der Waals surface area (Å²) in [5, 5.41) is 10.3. The summed E-state index contributed by atoms with van der Waals surface area (Å²) in [7, 11) is 2.01. The van der Waals surface area contributed by atoms with Gasteiger partial charge in [-0.3, -0.25) is 0 Å². The predicted molar refractivity (Wildman–Crippen MR) is 76.0 cm³/mol. The van der Waals surface area contributed by atoms with Crippen molar-refractivity contribution in [3.63, 3.8) is 0 Å². The first kappa shape index (κ1) is 12.0. The maximum absolute atomic E-state index is 9.09. The molecule has 0 aliphatic carbocycles. The van der Waals surface area contributed by atoms with Crippen LogP contribution in [0, 0.1) is 6.92 Å². The summed E-state index contributed by atoms with van der Waals surface area (Å²) in [4.78, 5) is 7.95. The number of fused-ring (bicyclic) bond motifs is 1. The minimum Gasteiger partial charge on any atom is -0.396 e. The molecule has 0 aliphatic rings. The lowest BCUT2D eigenvalue weighted by Gasteiger charge is -2.01. The van der Waals surface area contributed by atoms with Gasteiger partial charge in [-0.15, -0.1) is 0 Å². The molecule has 0 unspecified atom stereocenters. The molecule has 0 radical (unpaired) electrons. The van der Waals surface area contributed by atoms with E-state index < -0.39 is 0 Å². The lowest BCUT2D eigenvalue weighted by atomic mass is 10.1. The minimum atomic E-state index is 0.130. The third-order valence-electron chi connectivity index (χ3n) is 3.66. The molecule has 4 nitrogen and oxygen atoms in total. The van der Waals surface area contributed by atoms with E-state index in [-0.39, 0.29) is 6.61 Å². The number of para-hydroxylation sites is 1. The van der Waals surface area contributed by atoms with Gasteiger partial charge >= 0.3 is 0 Å². The molecule has 0 atom stereocenters. The fourth-order valence-corrected chi connectivity index (χ4v) is 2.48. The molecule has 98 valence electrons. The first-order valence-electron chi connectivity index (χ1n) is 6.42. The third-order valence-corrected chi connectivity index (χ3v) is 3.66. The predicted octanol–water partition coefficient (Wildman–Crippen LogP) is 2.41. The Morgan fingerprint density at radius 1 is 1.32 bits per heavy atom. The summed E-state index contributed by atoms with van der Waals surface area (Å²) in [6, 6.07) is 8.20.